The van der Waals surface area contributed by atoms with Crippen LogP contribution in [0.15, 0.2) is 59.1 Å². The number of piperazine rings is 1. The lowest BCUT2D eigenvalue weighted by Crippen LogP contribution is -2.49. The molecule has 3 aromatic rings. The molecule has 4 rings (SSSR count). The number of hydrogen-bond donors (Lipinski definition) is 0. The number of carbonyl (C=O) groups excluding carboxylic acids is 1. The molecule has 0 saturated carbocycles. The fourth-order valence-corrected chi connectivity index (χ4v) is 4.16. The van der Waals surface area contributed by atoms with Crippen molar-refractivity contribution < 1.29 is 18.7 Å². The van der Waals surface area contributed by atoms with Gasteiger partial charge in [-0.15, -0.1) is 0 Å². The molecule has 8 heteroatoms. The van der Waals surface area contributed by atoms with Crippen LogP contribution in [0.2, 0.25) is 5.02 Å². The van der Waals surface area contributed by atoms with Gasteiger partial charge in [-0.2, -0.15) is 0 Å². The van der Waals surface area contributed by atoms with E-state index >= 15 is 0 Å². The molecule has 32 heavy (non-hydrogen) atoms. The first-order valence-electron chi connectivity index (χ1n) is 10.5. The van der Waals surface area contributed by atoms with Crippen LogP contribution in [-0.2, 0) is 16.1 Å². The number of halogens is 1. The Labute approximate surface area is 192 Å². The van der Waals surface area contributed by atoms with Gasteiger partial charge in [0.1, 0.15) is 11.8 Å². The van der Waals surface area contributed by atoms with E-state index < -0.39 is 6.04 Å². The van der Waals surface area contributed by atoms with E-state index in [1.807, 2.05) is 42.5 Å². The van der Waals surface area contributed by atoms with E-state index in [0.717, 1.165) is 35.7 Å². The molecule has 1 saturated heterocycles. The van der Waals surface area contributed by atoms with Gasteiger partial charge in [-0.1, -0.05) is 29.8 Å². The number of benzene rings is 2. The molecule has 1 unspecified atom stereocenters. The predicted molar refractivity (Wildman–Crippen MR) is 122 cm³/mol. The number of oxazole rings is 1. The number of aromatic nitrogens is 1. The van der Waals surface area contributed by atoms with Gasteiger partial charge in [0, 0.05) is 36.8 Å². The summed E-state index contributed by atoms with van der Waals surface area (Å²) in [5.74, 6) is 1.89. The molecule has 1 atom stereocenters. The molecular weight excluding hydrogens is 430 g/mol. The first kappa shape index (κ1) is 22.3. The third-order valence-corrected chi connectivity index (χ3v) is 6.03. The van der Waals surface area contributed by atoms with E-state index in [2.05, 4.69) is 14.8 Å². The van der Waals surface area contributed by atoms with Crippen LogP contribution in [0.1, 0.15) is 17.5 Å². The smallest absolute Gasteiger partial charge is 0.327 e. The highest BCUT2D eigenvalue weighted by atomic mass is 35.5. The van der Waals surface area contributed by atoms with Gasteiger partial charge in [-0.05, 0) is 35.9 Å². The fraction of sp³-hybridized carbons (Fsp3) is 0.333. The van der Waals surface area contributed by atoms with Crippen LogP contribution < -0.4 is 4.74 Å². The van der Waals surface area contributed by atoms with E-state index in [1.54, 1.807) is 19.4 Å². The molecule has 7 nitrogen and oxygen atoms in total. The molecule has 1 aromatic heterocycles. The maximum atomic E-state index is 12.5. The topological polar surface area (TPSA) is 68.0 Å². The molecule has 0 spiro atoms. The first-order valence-corrected chi connectivity index (χ1v) is 10.8. The summed E-state index contributed by atoms with van der Waals surface area (Å²) in [4.78, 5) is 21.4. The second-order valence-corrected chi connectivity index (χ2v) is 8.01. The average molecular weight is 456 g/mol. The van der Waals surface area contributed by atoms with Gasteiger partial charge >= 0.3 is 5.97 Å². The molecule has 0 amide bonds. The van der Waals surface area contributed by atoms with Crippen molar-refractivity contribution in [2.75, 3.05) is 40.4 Å². The van der Waals surface area contributed by atoms with E-state index in [4.69, 9.17) is 25.5 Å². The van der Waals surface area contributed by atoms with Crippen molar-refractivity contribution in [3.05, 3.63) is 71.2 Å². The highest BCUT2D eigenvalue weighted by molar-refractivity contribution is 6.31. The largest absolute Gasteiger partial charge is 0.497 e. The van der Waals surface area contributed by atoms with Crippen molar-refractivity contribution in [1.29, 1.82) is 0 Å². The van der Waals surface area contributed by atoms with E-state index in [1.165, 1.54) is 7.11 Å². The minimum Gasteiger partial charge on any atom is -0.497 e. The maximum Gasteiger partial charge on any atom is 0.327 e. The Balaban J connectivity index is 1.38. The van der Waals surface area contributed by atoms with Gasteiger partial charge in [0.15, 0.2) is 5.76 Å². The number of nitrogens with zero attached hydrogens (tertiary/aromatic N) is 3. The summed E-state index contributed by atoms with van der Waals surface area (Å²) in [5, 5.41) is 0.566. The van der Waals surface area contributed by atoms with Crippen molar-refractivity contribution in [2.45, 2.75) is 12.6 Å². The zero-order valence-corrected chi connectivity index (χ0v) is 18.9. The third kappa shape index (κ3) is 4.96. The van der Waals surface area contributed by atoms with Crippen LogP contribution in [0.5, 0.6) is 5.75 Å². The number of carbonyl (C=O) groups is 1. The highest BCUT2D eigenvalue weighted by Gasteiger charge is 2.32. The quantitative estimate of drug-likeness (QED) is 0.498. The first-order chi connectivity index (χ1) is 15.6. The van der Waals surface area contributed by atoms with Crippen LogP contribution in [0, 0.1) is 0 Å². The molecule has 2 heterocycles. The summed E-state index contributed by atoms with van der Waals surface area (Å²) < 4.78 is 16.2. The van der Waals surface area contributed by atoms with Crippen LogP contribution in [0.25, 0.3) is 11.3 Å². The number of hydrogen-bond acceptors (Lipinski definition) is 7. The Morgan fingerprint density at radius 2 is 1.81 bits per heavy atom. The zero-order valence-electron chi connectivity index (χ0n) is 18.2. The fourth-order valence-electron chi connectivity index (χ4n) is 3.92. The lowest BCUT2D eigenvalue weighted by atomic mass is 10.0. The minimum absolute atomic E-state index is 0.302. The van der Waals surface area contributed by atoms with Gasteiger partial charge in [0.25, 0.3) is 0 Å². The van der Waals surface area contributed by atoms with Crippen LogP contribution in [0.3, 0.4) is 0 Å². The molecule has 0 radical (unpaired) electrons. The molecule has 0 bridgehead atoms. The molecule has 1 fully saturated rings. The lowest BCUT2D eigenvalue weighted by molar-refractivity contribution is -0.148. The standard InChI is InChI=1S/C24H26ClN3O4/c1-30-18-9-7-17(8-10-18)21-15-26-22(32-21)16-27-11-13-28(14-12-27)23(24(29)31-2)19-5-3-4-6-20(19)25/h3-10,15,23H,11-14,16H2,1-2H3. The second kappa shape index (κ2) is 10.2. The van der Waals surface area contributed by atoms with Gasteiger partial charge in [-0.3, -0.25) is 9.80 Å². The van der Waals surface area contributed by atoms with Crippen molar-refractivity contribution in [1.82, 2.24) is 14.8 Å². The Morgan fingerprint density at radius 3 is 2.47 bits per heavy atom. The van der Waals surface area contributed by atoms with Crippen molar-refractivity contribution in [2.24, 2.45) is 0 Å². The molecule has 0 N–H and O–H groups in total. The highest BCUT2D eigenvalue weighted by Crippen LogP contribution is 2.30. The molecular formula is C24H26ClN3O4. The van der Waals surface area contributed by atoms with Crippen molar-refractivity contribution >= 4 is 17.6 Å². The number of rotatable bonds is 7. The molecule has 0 aliphatic carbocycles. The zero-order chi connectivity index (χ0) is 22.5. The van der Waals surface area contributed by atoms with Crippen molar-refractivity contribution in [3.63, 3.8) is 0 Å². The predicted octanol–water partition coefficient (Wildman–Crippen LogP) is 4.04. The summed E-state index contributed by atoms with van der Waals surface area (Å²) in [6.45, 7) is 3.57. The van der Waals surface area contributed by atoms with Gasteiger partial charge < -0.3 is 13.9 Å². The van der Waals surface area contributed by atoms with Gasteiger partial charge in [0.05, 0.1) is 27.0 Å². The normalized spacial score (nSPS) is 16.0. The number of methoxy groups -OCH3 is 2. The Bertz CT molecular complexity index is 1050. The van der Waals surface area contributed by atoms with Crippen LogP contribution in [0.4, 0.5) is 0 Å². The van der Waals surface area contributed by atoms with Crippen LogP contribution >= 0.6 is 11.6 Å². The SMILES string of the molecule is COC(=O)C(c1ccccc1Cl)N1CCN(Cc2ncc(-c3ccc(OC)cc3)o2)CC1. The molecule has 168 valence electrons. The molecule has 2 aromatic carbocycles. The summed E-state index contributed by atoms with van der Waals surface area (Å²) in [6, 6.07) is 14.6. The summed E-state index contributed by atoms with van der Waals surface area (Å²) in [6.07, 6.45) is 1.75. The Kier molecular flexibility index (Phi) is 7.09. The minimum atomic E-state index is -0.515. The van der Waals surface area contributed by atoms with Gasteiger partial charge in [-0.25, -0.2) is 9.78 Å². The van der Waals surface area contributed by atoms with Gasteiger partial charge in [0.2, 0.25) is 5.89 Å². The molecule has 1 aliphatic heterocycles. The lowest BCUT2D eigenvalue weighted by Gasteiger charge is -2.38. The molecule has 1 aliphatic rings. The average Bonchev–Trinajstić information content (AvgIpc) is 3.30. The van der Waals surface area contributed by atoms with E-state index in [9.17, 15) is 4.79 Å². The number of ether oxygens (including phenoxy) is 2. The summed E-state index contributed by atoms with van der Waals surface area (Å²) >= 11 is 6.37. The van der Waals surface area contributed by atoms with E-state index in [0.29, 0.717) is 30.5 Å². The van der Waals surface area contributed by atoms with E-state index in [-0.39, 0.29) is 5.97 Å². The Morgan fingerprint density at radius 1 is 1.09 bits per heavy atom. The second-order valence-electron chi connectivity index (χ2n) is 7.61. The van der Waals surface area contributed by atoms with Crippen LogP contribution in [-0.4, -0.2) is 61.2 Å². The monoisotopic (exact) mass is 455 g/mol. The number of esters is 1. The summed E-state index contributed by atoms with van der Waals surface area (Å²) in [5.41, 5.74) is 1.72. The third-order valence-electron chi connectivity index (χ3n) is 5.68. The van der Waals surface area contributed by atoms with Crippen molar-refractivity contribution in [3.8, 4) is 17.1 Å². The summed E-state index contributed by atoms with van der Waals surface area (Å²) in [7, 11) is 3.05. The Hall–Kier alpha value is -2.87. The maximum absolute atomic E-state index is 12.5.